The summed E-state index contributed by atoms with van der Waals surface area (Å²) in [6, 6.07) is 9.01. The molecule has 0 atom stereocenters. The Kier molecular flexibility index (Phi) is 3.60. The van der Waals surface area contributed by atoms with Gasteiger partial charge in [-0.15, -0.1) is 0 Å². The largest absolute Gasteiger partial charge is 0.322 e. The fraction of sp³-hybridized carbons (Fsp3) is 0.133. The zero-order chi connectivity index (χ0) is 14.0. The fourth-order valence-corrected chi connectivity index (χ4v) is 1.92. The third kappa shape index (κ3) is 2.96. The van der Waals surface area contributed by atoms with Crippen LogP contribution in [-0.2, 0) is 0 Å². The Bertz CT molecular complexity index is 618. The molecule has 2 aromatic carbocycles. The van der Waals surface area contributed by atoms with E-state index in [-0.39, 0.29) is 5.56 Å². The van der Waals surface area contributed by atoms with Crippen LogP contribution in [0.25, 0.3) is 0 Å². The molecule has 0 fully saturated rings. The second-order valence-corrected chi connectivity index (χ2v) is 4.43. The molecule has 4 heteroatoms. The maximum absolute atomic E-state index is 13.5. The minimum Gasteiger partial charge on any atom is -0.322 e. The molecule has 0 heterocycles. The van der Waals surface area contributed by atoms with Crippen molar-refractivity contribution in [3.05, 3.63) is 64.7 Å². The van der Waals surface area contributed by atoms with Gasteiger partial charge in [0.2, 0.25) is 0 Å². The summed E-state index contributed by atoms with van der Waals surface area (Å²) in [4.78, 5) is 11.9. The molecule has 0 unspecified atom stereocenters. The van der Waals surface area contributed by atoms with E-state index in [4.69, 9.17) is 0 Å². The summed E-state index contributed by atoms with van der Waals surface area (Å²) < 4.78 is 26.5. The number of carbonyl (C=O) groups is 1. The maximum atomic E-state index is 13.5. The lowest BCUT2D eigenvalue weighted by Crippen LogP contribution is -2.14. The Labute approximate surface area is 110 Å². The van der Waals surface area contributed by atoms with Gasteiger partial charge in [-0.25, -0.2) is 8.78 Å². The third-order valence-corrected chi connectivity index (χ3v) is 2.68. The van der Waals surface area contributed by atoms with Crippen molar-refractivity contribution in [1.82, 2.24) is 0 Å². The Hall–Kier alpha value is -2.23. The predicted molar refractivity (Wildman–Crippen MR) is 70.2 cm³/mol. The zero-order valence-electron chi connectivity index (χ0n) is 10.6. The highest BCUT2D eigenvalue weighted by Crippen LogP contribution is 2.17. The van der Waals surface area contributed by atoms with E-state index in [1.807, 2.05) is 19.9 Å². The summed E-state index contributed by atoms with van der Waals surface area (Å²) >= 11 is 0. The van der Waals surface area contributed by atoms with Gasteiger partial charge in [-0.1, -0.05) is 12.1 Å². The van der Waals surface area contributed by atoms with Gasteiger partial charge in [0.1, 0.15) is 0 Å². The molecule has 1 N–H and O–H groups in total. The van der Waals surface area contributed by atoms with Crippen LogP contribution in [0, 0.1) is 25.5 Å². The molecule has 0 aliphatic rings. The molecule has 2 aromatic rings. The minimum atomic E-state index is -1.13. The highest BCUT2D eigenvalue weighted by molar-refractivity contribution is 6.04. The first kappa shape index (κ1) is 13.2. The van der Waals surface area contributed by atoms with E-state index < -0.39 is 17.5 Å². The van der Waals surface area contributed by atoms with E-state index in [2.05, 4.69) is 5.32 Å². The quantitative estimate of drug-likeness (QED) is 0.874. The Morgan fingerprint density at radius 2 is 1.68 bits per heavy atom. The summed E-state index contributed by atoms with van der Waals surface area (Å²) in [6.07, 6.45) is 0. The van der Waals surface area contributed by atoms with Crippen molar-refractivity contribution in [2.24, 2.45) is 0 Å². The van der Waals surface area contributed by atoms with Gasteiger partial charge in [0, 0.05) is 5.69 Å². The van der Waals surface area contributed by atoms with Gasteiger partial charge in [0.15, 0.2) is 11.6 Å². The molecule has 0 radical (unpaired) electrons. The van der Waals surface area contributed by atoms with E-state index in [1.54, 1.807) is 12.1 Å². The van der Waals surface area contributed by atoms with Crippen molar-refractivity contribution in [2.75, 3.05) is 5.32 Å². The molecule has 1 amide bonds. The zero-order valence-corrected chi connectivity index (χ0v) is 10.6. The number of hydrogen-bond donors (Lipinski definition) is 1. The van der Waals surface area contributed by atoms with Gasteiger partial charge in [-0.3, -0.25) is 4.79 Å². The monoisotopic (exact) mass is 261 g/mol. The average Bonchev–Trinajstić information content (AvgIpc) is 2.31. The van der Waals surface area contributed by atoms with E-state index in [0.29, 0.717) is 5.69 Å². The molecule has 0 aliphatic heterocycles. The Morgan fingerprint density at radius 1 is 1.05 bits per heavy atom. The number of amides is 1. The number of benzene rings is 2. The summed E-state index contributed by atoms with van der Waals surface area (Å²) in [6.45, 7) is 3.79. The van der Waals surface area contributed by atoms with Crippen LogP contribution in [0.3, 0.4) is 0 Å². The third-order valence-electron chi connectivity index (χ3n) is 2.68. The molecule has 2 rings (SSSR count). The van der Waals surface area contributed by atoms with Crippen LogP contribution in [0.5, 0.6) is 0 Å². The molecule has 2 nitrogen and oxygen atoms in total. The number of halogens is 2. The Morgan fingerprint density at radius 3 is 2.32 bits per heavy atom. The van der Waals surface area contributed by atoms with Crippen LogP contribution in [0.1, 0.15) is 21.5 Å². The summed E-state index contributed by atoms with van der Waals surface area (Å²) in [7, 11) is 0. The topological polar surface area (TPSA) is 29.1 Å². The second kappa shape index (κ2) is 5.18. The van der Waals surface area contributed by atoms with Crippen molar-refractivity contribution in [3.63, 3.8) is 0 Å². The summed E-state index contributed by atoms with van der Waals surface area (Å²) in [5.41, 5.74) is 2.22. The number of rotatable bonds is 2. The smallest absolute Gasteiger partial charge is 0.258 e. The van der Waals surface area contributed by atoms with E-state index >= 15 is 0 Å². The van der Waals surface area contributed by atoms with Crippen molar-refractivity contribution in [3.8, 4) is 0 Å². The van der Waals surface area contributed by atoms with Crippen LogP contribution in [0.2, 0.25) is 0 Å². The van der Waals surface area contributed by atoms with E-state index in [1.165, 1.54) is 12.1 Å². The molecule has 0 aliphatic carbocycles. The van der Waals surface area contributed by atoms with Gasteiger partial charge in [-0.05, 0) is 49.2 Å². The summed E-state index contributed by atoms with van der Waals surface area (Å²) in [5.74, 6) is -2.83. The van der Waals surface area contributed by atoms with Gasteiger partial charge >= 0.3 is 0 Å². The Balaban J connectivity index is 2.28. The number of nitrogens with one attached hydrogen (secondary N) is 1. The molecule has 0 saturated carbocycles. The SMILES string of the molecule is Cc1cc(C)cc(NC(=O)c2cccc(F)c2F)c1. The average molecular weight is 261 g/mol. The van der Waals surface area contributed by atoms with Crippen molar-refractivity contribution >= 4 is 11.6 Å². The molecule has 0 bridgehead atoms. The summed E-state index contributed by atoms with van der Waals surface area (Å²) in [5, 5.41) is 2.56. The molecular weight excluding hydrogens is 248 g/mol. The number of aryl methyl sites for hydroxylation is 2. The number of carbonyl (C=O) groups excluding carboxylic acids is 1. The molecule has 0 saturated heterocycles. The van der Waals surface area contributed by atoms with Gasteiger partial charge < -0.3 is 5.32 Å². The van der Waals surface area contributed by atoms with Gasteiger partial charge in [-0.2, -0.15) is 0 Å². The van der Waals surface area contributed by atoms with Crippen molar-refractivity contribution in [2.45, 2.75) is 13.8 Å². The predicted octanol–water partition coefficient (Wildman–Crippen LogP) is 3.83. The van der Waals surface area contributed by atoms with Crippen LogP contribution in [0.15, 0.2) is 36.4 Å². The first-order valence-corrected chi connectivity index (χ1v) is 5.81. The molecular formula is C15H13F2NO. The van der Waals surface area contributed by atoms with Crippen molar-refractivity contribution in [1.29, 1.82) is 0 Å². The number of hydrogen-bond acceptors (Lipinski definition) is 1. The molecule has 0 spiro atoms. The molecule has 0 aromatic heterocycles. The molecule has 98 valence electrons. The lowest BCUT2D eigenvalue weighted by molar-refractivity contribution is 0.102. The van der Waals surface area contributed by atoms with E-state index in [9.17, 15) is 13.6 Å². The lowest BCUT2D eigenvalue weighted by atomic mass is 10.1. The number of anilines is 1. The standard InChI is InChI=1S/C15H13F2NO/c1-9-6-10(2)8-11(7-9)18-15(19)12-4-3-5-13(16)14(12)17/h3-8H,1-2H3,(H,18,19). The van der Waals surface area contributed by atoms with Crippen molar-refractivity contribution < 1.29 is 13.6 Å². The van der Waals surface area contributed by atoms with Crippen LogP contribution >= 0.6 is 0 Å². The normalized spacial score (nSPS) is 10.3. The highest BCUT2D eigenvalue weighted by Gasteiger charge is 2.15. The van der Waals surface area contributed by atoms with Gasteiger partial charge in [0.05, 0.1) is 5.56 Å². The van der Waals surface area contributed by atoms with Gasteiger partial charge in [0.25, 0.3) is 5.91 Å². The fourth-order valence-electron chi connectivity index (χ4n) is 1.92. The highest BCUT2D eigenvalue weighted by atomic mass is 19.2. The second-order valence-electron chi connectivity index (χ2n) is 4.43. The van der Waals surface area contributed by atoms with Crippen LogP contribution < -0.4 is 5.32 Å². The first-order valence-electron chi connectivity index (χ1n) is 5.81. The molecule has 19 heavy (non-hydrogen) atoms. The minimum absolute atomic E-state index is 0.306. The first-order chi connectivity index (χ1) is 8.97. The maximum Gasteiger partial charge on any atom is 0.258 e. The lowest BCUT2D eigenvalue weighted by Gasteiger charge is -2.08. The van der Waals surface area contributed by atoms with Crippen LogP contribution in [-0.4, -0.2) is 5.91 Å². The van der Waals surface area contributed by atoms with E-state index in [0.717, 1.165) is 17.2 Å². The van der Waals surface area contributed by atoms with Crippen LogP contribution in [0.4, 0.5) is 14.5 Å².